The fourth-order valence-corrected chi connectivity index (χ4v) is 1.50. The average molecular weight is 259 g/mol. The normalized spacial score (nSPS) is 10.7. The molecular weight excluding hydrogens is 242 g/mol. The molecule has 0 saturated heterocycles. The smallest absolute Gasteiger partial charge is 0.238 e. The van der Waals surface area contributed by atoms with Crippen molar-refractivity contribution in [1.82, 2.24) is 20.1 Å². The van der Waals surface area contributed by atoms with Crippen LogP contribution in [0.25, 0.3) is 5.82 Å². The van der Waals surface area contributed by atoms with E-state index in [2.05, 4.69) is 20.7 Å². The first-order chi connectivity index (χ1) is 9.15. The number of carbonyl (C=O) groups excluding carboxylic acids is 1. The summed E-state index contributed by atoms with van der Waals surface area (Å²) in [6, 6.07) is 5.72. The van der Waals surface area contributed by atoms with Gasteiger partial charge in [-0.05, 0) is 18.2 Å². The number of nitrogens with one attached hydrogen (secondary N) is 2. The molecule has 6 nitrogen and oxygen atoms in total. The third-order valence-corrected chi connectivity index (χ3v) is 2.44. The van der Waals surface area contributed by atoms with Crippen LogP contribution in [0.5, 0.6) is 0 Å². The number of hydrogen-bond acceptors (Lipinski definition) is 4. The highest BCUT2D eigenvalue weighted by atomic mass is 16.1. The van der Waals surface area contributed by atoms with Crippen LogP contribution in [0.2, 0.25) is 0 Å². The van der Waals surface area contributed by atoms with Crippen LogP contribution in [0.4, 0.5) is 5.69 Å². The Morgan fingerprint density at radius 1 is 1.42 bits per heavy atom. The predicted molar refractivity (Wildman–Crippen MR) is 73.1 cm³/mol. The minimum absolute atomic E-state index is 0.0812. The molecule has 0 saturated carbocycles. The van der Waals surface area contributed by atoms with Gasteiger partial charge in [-0.15, -0.1) is 0 Å². The minimum Gasteiger partial charge on any atom is -0.324 e. The molecule has 2 rings (SSSR count). The molecule has 0 bridgehead atoms. The summed E-state index contributed by atoms with van der Waals surface area (Å²) < 4.78 is 1.66. The van der Waals surface area contributed by atoms with E-state index in [0.717, 1.165) is 0 Å². The molecule has 19 heavy (non-hydrogen) atoms. The summed E-state index contributed by atoms with van der Waals surface area (Å²) >= 11 is 0. The second-order valence-electron chi connectivity index (χ2n) is 4.44. The molecule has 0 aliphatic heterocycles. The second kappa shape index (κ2) is 6.10. The van der Waals surface area contributed by atoms with Crippen molar-refractivity contribution in [3.8, 4) is 5.82 Å². The van der Waals surface area contributed by atoms with Gasteiger partial charge in [0.2, 0.25) is 5.91 Å². The number of aromatic nitrogens is 3. The Hall–Kier alpha value is -2.21. The van der Waals surface area contributed by atoms with Crippen LogP contribution in [0, 0.1) is 0 Å². The molecule has 0 atom stereocenters. The van der Waals surface area contributed by atoms with Crippen molar-refractivity contribution in [2.24, 2.45) is 0 Å². The molecule has 0 unspecified atom stereocenters. The lowest BCUT2D eigenvalue weighted by molar-refractivity contribution is -0.115. The van der Waals surface area contributed by atoms with Crippen molar-refractivity contribution in [2.75, 3.05) is 11.9 Å². The molecule has 0 aliphatic carbocycles. The Kier molecular flexibility index (Phi) is 4.25. The highest BCUT2D eigenvalue weighted by Gasteiger charge is 2.04. The Morgan fingerprint density at radius 3 is 2.84 bits per heavy atom. The number of nitrogens with zero attached hydrogens (tertiary/aromatic N) is 3. The van der Waals surface area contributed by atoms with Crippen molar-refractivity contribution in [3.05, 3.63) is 36.8 Å². The van der Waals surface area contributed by atoms with E-state index in [1.54, 1.807) is 29.2 Å². The summed E-state index contributed by atoms with van der Waals surface area (Å²) in [6.07, 6.45) is 5.12. The van der Waals surface area contributed by atoms with Crippen LogP contribution in [-0.4, -0.2) is 33.3 Å². The zero-order chi connectivity index (χ0) is 13.7. The molecule has 2 heterocycles. The van der Waals surface area contributed by atoms with Crippen LogP contribution in [0.3, 0.4) is 0 Å². The van der Waals surface area contributed by atoms with Crippen molar-refractivity contribution in [2.45, 2.75) is 19.9 Å². The summed E-state index contributed by atoms with van der Waals surface area (Å²) in [5.74, 6) is 0.630. The topological polar surface area (TPSA) is 71.8 Å². The standard InChI is InChI=1S/C13H17N5O/c1-10(2)14-9-13(19)17-11-4-5-12(15-8-11)18-7-3-6-16-18/h3-8,10,14H,9H2,1-2H3,(H,17,19). The largest absolute Gasteiger partial charge is 0.324 e. The van der Waals surface area contributed by atoms with E-state index < -0.39 is 0 Å². The molecule has 0 radical (unpaired) electrons. The van der Waals surface area contributed by atoms with Gasteiger partial charge in [0.1, 0.15) is 0 Å². The van der Waals surface area contributed by atoms with Gasteiger partial charge in [0, 0.05) is 18.4 Å². The quantitative estimate of drug-likeness (QED) is 0.846. The number of pyridine rings is 1. The summed E-state index contributed by atoms with van der Waals surface area (Å²) in [6.45, 7) is 4.28. The first-order valence-electron chi connectivity index (χ1n) is 6.14. The Morgan fingerprint density at radius 2 is 2.26 bits per heavy atom. The number of rotatable bonds is 5. The first-order valence-corrected chi connectivity index (χ1v) is 6.14. The Bertz CT molecular complexity index is 518. The van der Waals surface area contributed by atoms with Gasteiger partial charge in [-0.25, -0.2) is 9.67 Å². The Labute approximate surface area is 111 Å². The van der Waals surface area contributed by atoms with E-state index in [1.165, 1.54) is 0 Å². The summed E-state index contributed by atoms with van der Waals surface area (Å²) in [5.41, 5.74) is 0.673. The molecular formula is C13H17N5O. The van der Waals surface area contributed by atoms with Crippen molar-refractivity contribution < 1.29 is 4.79 Å². The molecule has 2 N–H and O–H groups in total. The van der Waals surface area contributed by atoms with E-state index in [4.69, 9.17) is 0 Å². The third kappa shape index (κ3) is 3.89. The number of carbonyl (C=O) groups is 1. The molecule has 0 aromatic carbocycles. The van der Waals surface area contributed by atoms with Gasteiger partial charge in [0.15, 0.2) is 5.82 Å². The number of amides is 1. The molecule has 6 heteroatoms. The van der Waals surface area contributed by atoms with Crippen LogP contribution < -0.4 is 10.6 Å². The lowest BCUT2D eigenvalue weighted by atomic mass is 10.3. The zero-order valence-electron chi connectivity index (χ0n) is 11.0. The van der Waals surface area contributed by atoms with Gasteiger partial charge in [-0.3, -0.25) is 4.79 Å². The zero-order valence-corrected chi connectivity index (χ0v) is 11.0. The number of anilines is 1. The fraction of sp³-hybridized carbons (Fsp3) is 0.308. The van der Waals surface area contributed by atoms with E-state index in [-0.39, 0.29) is 11.9 Å². The number of hydrogen-bond donors (Lipinski definition) is 2. The van der Waals surface area contributed by atoms with Gasteiger partial charge >= 0.3 is 0 Å². The van der Waals surface area contributed by atoms with E-state index in [9.17, 15) is 4.79 Å². The van der Waals surface area contributed by atoms with E-state index in [1.807, 2.05) is 26.1 Å². The van der Waals surface area contributed by atoms with Gasteiger partial charge in [-0.1, -0.05) is 13.8 Å². The molecule has 0 fully saturated rings. The van der Waals surface area contributed by atoms with Gasteiger partial charge < -0.3 is 10.6 Å². The van der Waals surface area contributed by atoms with Gasteiger partial charge in [0.25, 0.3) is 0 Å². The second-order valence-corrected chi connectivity index (χ2v) is 4.44. The van der Waals surface area contributed by atoms with Gasteiger partial charge in [0.05, 0.1) is 18.4 Å². The summed E-state index contributed by atoms with van der Waals surface area (Å²) in [4.78, 5) is 15.8. The molecule has 2 aromatic heterocycles. The van der Waals surface area contributed by atoms with Gasteiger partial charge in [-0.2, -0.15) is 5.10 Å². The van der Waals surface area contributed by atoms with Crippen molar-refractivity contribution in [1.29, 1.82) is 0 Å². The minimum atomic E-state index is -0.0812. The lowest BCUT2D eigenvalue weighted by Crippen LogP contribution is -2.32. The molecule has 0 spiro atoms. The van der Waals surface area contributed by atoms with E-state index >= 15 is 0 Å². The predicted octanol–water partition coefficient (Wildman–Crippen LogP) is 1.20. The average Bonchev–Trinajstić information content (AvgIpc) is 2.91. The fourth-order valence-electron chi connectivity index (χ4n) is 1.50. The first kappa shape index (κ1) is 13.2. The third-order valence-electron chi connectivity index (χ3n) is 2.44. The maximum atomic E-state index is 11.6. The van der Waals surface area contributed by atoms with Crippen LogP contribution in [0.1, 0.15) is 13.8 Å². The maximum Gasteiger partial charge on any atom is 0.238 e. The SMILES string of the molecule is CC(C)NCC(=O)Nc1ccc(-n2cccn2)nc1. The molecule has 0 aliphatic rings. The van der Waals surface area contributed by atoms with Crippen molar-refractivity contribution >= 4 is 11.6 Å². The summed E-state index contributed by atoms with van der Waals surface area (Å²) in [7, 11) is 0. The maximum absolute atomic E-state index is 11.6. The van der Waals surface area contributed by atoms with E-state index in [0.29, 0.717) is 18.1 Å². The molecule has 100 valence electrons. The highest BCUT2D eigenvalue weighted by molar-refractivity contribution is 5.92. The lowest BCUT2D eigenvalue weighted by Gasteiger charge is -2.09. The Balaban J connectivity index is 1.94. The molecule has 1 amide bonds. The van der Waals surface area contributed by atoms with Crippen LogP contribution >= 0.6 is 0 Å². The molecule has 2 aromatic rings. The monoisotopic (exact) mass is 259 g/mol. The summed E-state index contributed by atoms with van der Waals surface area (Å²) in [5, 5.41) is 9.91. The van der Waals surface area contributed by atoms with Crippen LogP contribution in [-0.2, 0) is 4.79 Å². The highest BCUT2D eigenvalue weighted by Crippen LogP contribution is 2.08. The van der Waals surface area contributed by atoms with Crippen molar-refractivity contribution in [3.63, 3.8) is 0 Å². The van der Waals surface area contributed by atoms with Crippen LogP contribution in [0.15, 0.2) is 36.8 Å².